The van der Waals surface area contributed by atoms with Crippen LogP contribution in [0.3, 0.4) is 0 Å². The highest BCUT2D eigenvalue weighted by Crippen LogP contribution is 2.36. The molecule has 0 saturated carbocycles. The van der Waals surface area contributed by atoms with Gasteiger partial charge in [0.25, 0.3) is 6.71 Å². The molecule has 0 N–H and O–H groups in total. The van der Waals surface area contributed by atoms with Gasteiger partial charge in [0.1, 0.15) is 0 Å². The van der Waals surface area contributed by atoms with E-state index in [1.807, 2.05) is 0 Å². The molecule has 270 valence electrons. The van der Waals surface area contributed by atoms with Gasteiger partial charge in [-0.05, 0) is 32.8 Å². The molecule has 0 saturated heterocycles. The Balaban J connectivity index is 2.32. The average Bonchev–Trinajstić information content (AvgIpc) is 3.52. The van der Waals surface area contributed by atoms with Crippen LogP contribution in [0.2, 0.25) is 39.3 Å². The van der Waals surface area contributed by atoms with Crippen molar-refractivity contribution in [2.75, 3.05) is 0 Å². The summed E-state index contributed by atoms with van der Waals surface area (Å²) in [5.74, 6) is -40.9. The lowest BCUT2D eigenvalue weighted by Gasteiger charge is -2.34. The maximum absolute atomic E-state index is 16.0. The quantitative estimate of drug-likeness (QED) is 0.0705. The third-order valence-electron chi connectivity index (χ3n) is 8.26. The van der Waals surface area contributed by atoms with E-state index in [-0.39, 0.29) is 20.5 Å². The van der Waals surface area contributed by atoms with Crippen LogP contribution in [0, 0.1) is 87.3 Å². The highest BCUT2D eigenvalue weighted by molar-refractivity contribution is 7.21. The minimum absolute atomic E-state index is 0.0342. The summed E-state index contributed by atoms with van der Waals surface area (Å²) < 4.78 is 229. The van der Waals surface area contributed by atoms with Crippen LogP contribution in [0.15, 0.2) is 11.4 Å². The van der Waals surface area contributed by atoms with E-state index >= 15 is 35.1 Å². The molecule has 19 heteroatoms. The fourth-order valence-electron chi connectivity index (χ4n) is 6.30. The number of benzene rings is 4. The molecule has 0 radical (unpaired) electrons. The molecule has 0 aliphatic carbocycles. The van der Waals surface area contributed by atoms with Gasteiger partial charge in [-0.15, -0.1) is 11.3 Å². The van der Waals surface area contributed by atoms with Gasteiger partial charge in [-0.3, -0.25) is 0 Å². The minimum Gasteiger partial charge on any atom is -0.204 e. The van der Waals surface area contributed by atoms with Crippen molar-refractivity contribution in [1.29, 1.82) is 0 Å². The Kier molecular flexibility index (Phi) is 9.63. The first-order chi connectivity index (χ1) is 23.4. The van der Waals surface area contributed by atoms with Crippen molar-refractivity contribution in [2.45, 2.75) is 39.3 Å². The summed E-state index contributed by atoms with van der Waals surface area (Å²) >= 11 is 0.818. The topological polar surface area (TPSA) is 0 Å². The van der Waals surface area contributed by atoms with Gasteiger partial charge in [0.15, 0.2) is 81.4 Å². The molecule has 4 aromatic carbocycles. The summed E-state index contributed by atoms with van der Waals surface area (Å²) in [6.07, 6.45) is 0. The molecule has 0 atom stereocenters. The van der Waals surface area contributed by atoms with Crippen LogP contribution in [0.5, 0.6) is 0 Å². The van der Waals surface area contributed by atoms with Crippen LogP contribution < -0.4 is 26.8 Å². The third kappa shape index (κ3) is 5.69. The van der Waals surface area contributed by atoms with Crippen LogP contribution in [0.4, 0.5) is 65.9 Å². The average molecular weight is 789 g/mol. The molecule has 0 aliphatic rings. The second-order valence-electron chi connectivity index (χ2n) is 13.5. The van der Waals surface area contributed by atoms with Gasteiger partial charge in [-0.25, -0.2) is 65.9 Å². The predicted octanol–water partition coefficient (Wildman–Crippen LogP) is 8.26. The van der Waals surface area contributed by atoms with Crippen molar-refractivity contribution in [3.63, 3.8) is 0 Å². The zero-order valence-corrected chi connectivity index (χ0v) is 29.6. The summed E-state index contributed by atoms with van der Waals surface area (Å²) in [4.78, 5) is 0. The van der Waals surface area contributed by atoms with Crippen molar-refractivity contribution in [1.82, 2.24) is 0 Å². The van der Waals surface area contributed by atoms with E-state index in [0.29, 0.717) is 0 Å². The van der Waals surface area contributed by atoms with E-state index in [1.54, 1.807) is 0 Å². The molecule has 0 fully saturated rings. The third-order valence-corrected chi connectivity index (χ3v) is 13.4. The van der Waals surface area contributed by atoms with E-state index in [9.17, 15) is 30.7 Å². The normalized spacial score (nSPS) is 12.4. The molecule has 1 heterocycles. The number of thiophene rings is 1. The minimum atomic E-state index is -3.49. The molecule has 5 aromatic rings. The van der Waals surface area contributed by atoms with Crippen LogP contribution >= 0.6 is 11.3 Å². The lowest BCUT2D eigenvalue weighted by atomic mass is 9.35. The molecule has 0 amide bonds. The van der Waals surface area contributed by atoms with Gasteiger partial charge < -0.3 is 0 Å². The highest BCUT2D eigenvalue weighted by atomic mass is 32.1. The van der Waals surface area contributed by atoms with Gasteiger partial charge in [-0.1, -0.05) is 44.7 Å². The van der Waals surface area contributed by atoms with Crippen molar-refractivity contribution in [2.24, 2.45) is 0 Å². The van der Waals surface area contributed by atoms with Gasteiger partial charge in [0.05, 0.1) is 21.7 Å². The van der Waals surface area contributed by atoms with Crippen molar-refractivity contribution in [3.8, 4) is 11.1 Å². The van der Waals surface area contributed by atoms with Gasteiger partial charge in [-0.2, -0.15) is 0 Å². The lowest BCUT2D eigenvalue weighted by Crippen LogP contribution is -2.67. The molecule has 0 aliphatic heterocycles. The molecule has 51 heavy (non-hydrogen) atoms. The molecule has 0 unspecified atom stereocenters. The smallest absolute Gasteiger partial charge is 0.204 e. The fourth-order valence-corrected chi connectivity index (χ4v) is 12.3. The Morgan fingerprint density at radius 3 is 1.04 bits per heavy atom. The first kappa shape index (κ1) is 38.5. The number of fused-ring (bicyclic) bond motifs is 1. The first-order valence-electron chi connectivity index (χ1n) is 14.5. The molecule has 5 rings (SSSR count). The zero-order valence-electron chi connectivity index (χ0n) is 26.8. The van der Waals surface area contributed by atoms with E-state index < -0.39 is 138 Å². The first-order valence-corrected chi connectivity index (χ1v) is 22.4. The van der Waals surface area contributed by atoms with Gasteiger partial charge >= 0.3 is 0 Å². The maximum atomic E-state index is 16.0. The summed E-state index contributed by atoms with van der Waals surface area (Å²) in [6.45, 7) is 5.30. The lowest BCUT2D eigenvalue weighted by molar-refractivity contribution is 0.381. The van der Waals surface area contributed by atoms with Crippen LogP contribution in [0.1, 0.15) is 0 Å². The summed E-state index contributed by atoms with van der Waals surface area (Å²) in [5.41, 5.74) is -8.63. The van der Waals surface area contributed by atoms with Crippen molar-refractivity contribution >= 4 is 71.0 Å². The molecule has 0 nitrogen and oxygen atoms in total. The molecular weight excluding hydrogens is 768 g/mol. The van der Waals surface area contributed by atoms with Crippen LogP contribution in [0.25, 0.3) is 21.2 Å². The van der Waals surface area contributed by atoms with E-state index in [0.717, 1.165) is 11.3 Å². The van der Waals surface area contributed by atoms with Crippen LogP contribution in [-0.2, 0) is 0 Å². The number of halogens is 15. The monoisotopic (exact) mass is 788 g/mol. The van der Waals surface area contributed by atoms with E-state index in [1.165, 1.54) is 50.7 Å². The Morgan fingerprint density at radius 1 is 0.392 bits per heavy atom. The Labute approximate surface area is 285 Å². The standard InChI is InChI=1S/C32H20BF15SSi2/c1-50(2,3)31-9-7-8-49-30(9)32(51(4,5)6)12(10(31)11-15(34)21(40)27(46)22(41)16(11)35)33(13-17(36)23(42)28(47)24(43)18(13)37)14-19(38)25(44)29(48)26(45)20(14)39/h7-8H,1-6H3. The molecular formula is C32H20BF15SSi2. The summed E-state index contributed by atoms with van der Waals surface area (Å²) in [7, 11) is -6.89. The van der Waals surface area contributed by atoms with Gasteiger partial charge in [0, 0.05) is 15.6 Å². The van der Waals surface area contributed by atoms with E-state index in [4.69, 9.17) is 0 Å². The Morgan fingerprint density at radius 2 is 0.706 bits per heavy atom. The second-order valence-corrected chi connectivity index (χ2v) is 24.5. The van der Waals surface area contributed by atoms with Crippen molar-refractivity contribution < 1.29 is 65.9 Å². The summed E-state index contributed by atoms with van der Waals surface area (Å²) in [6, 6.07) is 1.35. The van der Waals surface area contributed by atoms with Crippen LogP contribution in [-0.4, -0.2) is 22.9 Å². The second kappa shape index (κ2) is 12.8. The SMILES string of the molecule is C[Si](C)(C)c1c(-c2c(F)c(F)c(F)c(F)c2F)c(B(c2c(F)c(F)c(F)c(F)c2F)c2c(F)c(F)c(F)c(F)c2F)c([Si](C)(C)C)c2sccc12. The number of hydrogen-bond acceptors (Lipinski definition) is 1. The fraction of sp³-hybridized carbons (Fsp3) is 0.188. The zero-order chi connectivity index (χ0) is 38.6. The number of hydrogen-bond donors (Lipinski definition) is 0. The molecule has 0 bridgehead atoms. The largest absolute Gasteiger partial charge is 0.257 e. The van der Waals surface area contributed by atoms with E-state index in [2.05, 4.69) is 0 Å². The Bertz CT molecular complexity index is 2150. The van der Waals surface area contributed by atoms with Gasteiger partial charge in [0.2, 0.25) is 5.82 Å². The molecule has 1 aromatic heterocycles. The number of rotatable bonds is 6. The molecule has 0 spiro atoms. The summed E-state index contributed by atoms with van der Waals surface area (Å²) in [5, 5.41) is 0.798. The highest BCUT2D eigenvalue weighted by Gasteiger charge is 2.47. The Hall–Kier alpha value is -3.71. The maximum Gasteiger partial charge on any atom is 0.257 e. The predicted molar refractivity (Wildman–Crippen MR) is 170 cm³/mol. The van der Waals surface area contributed by atoms with Crippen molar-refractivity contribution in [3.05, 3.63) is 98.7 Å².